The fourth-order valence-corrected chi connectivity index (χ4v) is 2.90. The van der Waals surface area contributed by atoms with E-state index in [0.29, 0.717) is 5.82 Å². The fourth-order valence-electron chi connectivity index (χ4n) is 2.90. The lowest BCUT2D eigenvalue weighted by Gasteiger charge is -2.20. The summed E-state index contributed by atoms with van der Waals surface area (Å²) in [6.07, 6.45) is 7.63. The van der Waals surface area contributed by atoms with Gasteiger partial charge in [-0.05, 0) is 63.3 Å². The summed E-state index contributed by atoms with van der Waals surface area (Å²) in [7, 11) is 2.19. The topological polar surface area (TPSA) is 88.2 Å². The fraction of sp³-hybridized carbons (Fsp3) is 0.316. The smallest absolute Gasteiger partial charge is 0.155 e. The van der Waals surface area contributed by atoms with Gasteiger partial charge in [-0.1, -0.05) is 6.42 Å². The van der Waals surface area contributed by atoms with Crippen LogP contribution in [0.5, 0.6) is 5.75 Å². The molecule has 0 bridgehead atoms. The van der Waals surface area contributed by atoms with E-state index in [2.05, 4.69) is 27.1 Å². The Hall–Kier alpha value is -2.73. The van der Waals surface area contributed by atoms with Gasteiger partial charge in [-0.2, -0.15) is 0 Å². The second-order valence-corrected chi connectivity index (χ2v) is 6.27. The first-order chi connectivity index (χ1) is 12.1. The molecule has 4 rings (SSSR count). The van der Waals surface area contributed by atoms with Crippen molar-refractivity contribution in [1.82, 2.24) is 20.1 Å². The first-order valence-corrected chi connectivity index (χ1v) is 8.49. The number of anilines is 1. The number of aromatic hydroxyl groups is 1. The number of phenols is 1. The molecule has 0 unspecified atom stereocenters. The molecule has 0 spiro atoms. The number of phenolic OH excluding ortho intramolecular Hbond substituents is 1. The van der Waals surface area contributed by atoms with Gasteiger partial charge in [-0.15, -0.1) is 10.2 Å². The maximum Gasteiger partial charge on any atom is 0.155 e. The van der Waals surface area contributed by atoms with Crippen LogP contribution < -0.4 is 5.73 Å². The molecule has 0 saturated carbocycles. The molecule has 3 aromatic rings. The molecule has 25 heavy (non-hydrogen) atoms. The summed E-state index contributed by atoms with van der Waals surface area (Å²) in [6, 6.07) is 8.65. The zero-order valence-corrected chi connectivity index (χ0v) is 14.4. The van der Waals surface area contributed by atoms with Crippen LogP contribution in [0.15, 0.2) is 42.7 Å². The normalized spacial score (nSPS) is 14.8. The highest BCUT2D eigenvalue weighted by molar-refractivity contribution is 5.98. The Bertz CT molecular complexity index is 829. The van der Waals surface area contributed by atoms with E-state index in [1.165, 1.54) is 32.4 Å². The van der Waals surface area contributed by atoms with Gasteiger partial charge in [-0.25, -0.2) is 0 Å². The van der Waals surface area contributed by atoms with E-state index in [4.69, 9.17) is 5.73 Å². The van der Waals surface area contributed by atoms with Crippen molar-refractivity contribution in [2.24, 2.45) is 0 Å². The Balaban J connectivity index is 0.000000219. The summed E-state index contributed by atoms with van der Waals surface area (Å²) in [6.45, 7) is 2.64. The van der Waals surface area contributed by atoms with Crippen LogP contribution in [0.2, 0.25) is 0 Å². The molecule has 2 aromatic heterocycles. The van der Waals surface area contributed by atoms with E-state index < -0.39 is 0 Å². The number of hydrogen-bond acceptors (Lipinski definition) is 6. The van der Waals surface area contributed by atoms with Crippen LogP contribution in [0.4, 0.5) is 5.82 Å². The molecule has 1 aliphatic heterocycles. The van der Waals surface area contributed by atoms with Gasteiger partial charge >= 0.3 is 0 Å². The Labute approximate surface area is 147 Å². The minimum absolute atomic E-state index is 0.216. The van der Waals surface area contributed by atoms with Crippen LogP contribution in [-0.4, -0.2) is 45.3 Å². The van der Waals surface area contributed by atoms with Gasteiger partial charge in [0.05, 0.1) is 0 Å². The number of rotatable bonds is 1. The Morgan fingerprint density at radius 3 is 2.32 bits per heavy atom. The zero-order chi connectivity index (χ0) is 17.6. The van der Waals surface area contributed by atoms with Crippen molar-refractivity contribution in [3.63, 3.8) is 0 Å². The SMILES string of the molecule is CN1CCCCC1.Nc1nnc(-c2ccc(O)cc2)c2ccncc12. The first-order valence-electron chi connectivity index (χ1n) is 8.49. The van der Waals surface area contributed by atoms with E-state index >= 15 is 0 Å². The summed E-state index contributed by atoms with van der Waals surface area (Å²) in [5.74, 6) is 0.578. The lowest BCUT2D eigenvalue weighted by atomic mass is 10.1. The molecule has 1 aromatic carbocycles. The Morgan fingerprint density at radius 2 is 1.68 bits per heavy atom. The molecular formula is C19H23N5O. The van der Waals surface area contributed by atoms with Crippen molar-refractivity contribution >= 4 is 16.6 Å². The highest BCUT2D eigenvalue weighted by atomic mass is 16.3. The predicted molar refractivity (Wildman–Crippen MR) is 100 cm³/mol. The second kappa shape index (κ2) is 7.90. The van der Waals surface area contributed by atoms with Crippen LogP contribution in [0.1, 0.15) is 19.3 Å². The van der Waals surface area contributed by atoms with Crippen LogP contribution in [0, 0.1) is 0 Å². The third-order valence-corrected chi connectivity index (χ3v) is 4.33. The molecule has 0 aliphatic carbocycles. The lowest BCUT2D eigenvalue weighted by molar-refractivity contribution is 0.277. The monoisotopic (exact) mass is 337 g/mol. The van der Waals surface area contributed by atoms with Gasteiger partial charge in [0.2, 0.25) is 0 Å². The molecule has 130 valence electrons. The van der Waals surface area contributed by atoms with E-state index in [-0.39, 0.29) is 5.75 Å². The molecule has 3 heterocycles. The van der Waals surface area contributed by atoms with Gasteiger partial charge < -0.3 is 15.7 Å². The molecule has 0 atom stereocenters. The van der Waals surface area contributed by atoms with Gasteiger partial charge in [-0.3, -0.25) is 4.98 Å². The molecule has 6 nitrogen and oxygen atoms in total. The molecule has 3 N–H and O–H groups in total. The molecular weight excluding hydrogens is 314 g/mol. The minimum atomic E-state index is 0.216. The number of piperidine rings is 1. The average molecular weight is 337 g/mol. The van der Waals surface area contributed by atoms with Crippen LogP contribution in [-0.2, 0) is 0 Å². The minimum Gasteiger partial charge on any atom is -0.508 e. The molecule has 0 radical (unpaired) electrons. The standard InChI is InChI=1S/C13H10N4O.C6H13N/c14-13-11-7-15-6-5-10(11)12(16-17-13)8-1-3-9(18)4-2-8;1-7-5-3-2-4-6-7/h1-7,18H,(H2,14,17);2-6H2,1H3. The van der Waals surface area contributed by atoms with E-state index in [1.54, 1.807) is 36.7 Å². The van der Waals surface area contributed by atoms with Crippen molar-refractivity contribution in [3.05, 3.63) is 42.7 Å². The van der Waals surface area contributed by atoms with Gasteiger partial charge in [0.15, 0.2) is 5.82 Å². The van der Waals surface area contributed by atoms with Gasteiger partial charge in [0.1, 0.15) is 11.4 Å². The third kappa shape index (κ3) is 4.22. The summed E-state index contributed by atoms with van der Waals surface area (Å²) in [5, 5.41) is 19.0. The van der Waals surface area contributed by atoms with Crippen molar-refractivity contribution in [2.75, 3.05) is 25.9 Å². The number of nitrogens with zero attached hydrogens (tertiary/aromatic N) is 4. The quantitative estimate of drug-likeness (QED) is 0.709. The van der Waals surface area contributed by atoms with E-state index in [0.717, 1.165) is 22.0 Å². The van der Waals surface area contributed by atoms with Crippen molar-refractivity contribution < 1.29 is 5.11 Å². The molecule has 1 saturated heterocycles. The zero-order valence-electron chi connectivity index (χ0n) is 14.4. The van der Waals surface area contributed by atoms with Crippen LogP contribution in [0.3, 0.4) is 0 Å². The summed E-state index contributed by atoms with van der Waals surface area (Å²) in [5.41, 5.74) is 7.37. The summed E-state index contributed by atoms with van der Waals surface area (Å²) < 4.78 is 0. The molecule has 1 fully saturated rings. The number of hydrogen-bond donors (Lipinski definition) is 2. The third-order valence-electron chi connectivity index (χ3n) is 4.33. The number of benzene rings is 1. The molecule has 0 amide bonds. The number of nitrogens with two attached hydrogens (primary N) is 1. The molecule has 1 aliphatic rings. The largest absolute Gasteiger partial charge is 0.508 e. The highest BCUT2D eigenvalue weighted by Gasteiger charge is 2.09. The number of nitrogen functional groups attached to an aromatic ring is 1. The number of likely N-dealkylation sites (tertiary alicyclic amines) is 1. The lowest BCUT2D eigenvalue weighted by Crippen LogP contribution is -2.24. The second-order valence-electron chi connectivity index (χ2n) is 6.27. The highest BCUT2D eigenvalue weighted by Crippen LogP contribution is 2.28. The van der Waals surface area contributed by atoms with Crippen LogP contribution >= 0.6 is 0 Å². The number of pyridine rings is 1. The number of fused-ring (bicyclic) bond motifs is 1. The maximum atomic E-state index is 9.29. The summed E-state index contributed by atoms with van der Waals surface area (Å²) >= 11 is 0. The first kappa shape index (κ1) is 17.1. The Morgan fingerprint density at radius 1 is 0.960 bits per heavy atom. The Kier molecular flexibility index (Phi) is 5.40. The average Bonchev–Trinajstić information content (AvgIpc) is 2.65. The van der Waals surface area contributed by atoms with Crippen molar-refractivity contribution in [3.8, 4) is 17.0 Å². The maximum absolute atomic E-state index is 9.29. The van der Waals surface area contributed by atoms with Crippen molar-refractivity contribution in [1.29, 1.82) is 0 Å². The van der Waals surface area contributed by atoms with Gasteiger partial charge in [0.25, 0.3) is 0 Å². The molecule has 6 heteroatoms. The number of aromatic nitrogens is 3. The van der Waals surface area contributed by atoms with Crippen molar-refractivity contribution in [2.45, 2.75) is 19.3 Å². The van der Waals surface area contributed by atoms with E-state index in [1.807, 2.05) is 6.07 Å². The summed E-state index contributed by atoms with van der Waals surface area (Å²) in [4.78, 5) is 6.43. The van der Waals surface area contributed by atoms with E-state index in [9.17, 15) is 5.11 Å². The van der Waals surface area contributed by atoms with Gasteiger partial charge in [0, 0.05) is 28.7 Å². The van der Waals surface area contributed by atoms with Crippen LogP contribution in [0.25, 0.3) is 22.0 Å². The predicted octanol–water partition coefficient (Wildman–Crippen LogP) is 3.08.